The Bertz CT molecular complexity index is 332. The Hall–Kier alpha value is -1.10. The number of amides is 1. The topological polar surface area (TPSA) is 49.9 Å². The first kappa shape index (κ1) is 13.3. The molecule has 0 radical (unpaired) electrons. The number of carbonyl (C=O) groups is 2. The first-order chi connectivity index (χ1) is 8.63. The zero-order valence-corrected chi connectivity index (χ0v) is 11.2. The first-order valence-electron chi connectivity index (χ1n) is 6.70. The van der Waals surface area contributed by atoms with Crippen LogP contribution in [0.3, 0.4) is 0 Å². The van der Waals surface area contributed by atoms with Crippen LogP contribution in [-0.2, 0) is 14.3 Å². The van der Waals surface area contributed by atoms with Gasteiger partial charge in [-0.2, -0.15) is 0 Å². The lowest BCUT2D eigenvalue weighted by Crippen LogP contribution is -2.50. The van der Waals surface area contributed by atoms with E-state index in [0.717, 1.165) is 38.8 Å². The summed E-state index contributed by atoms with van der Waals surface area (Å²) in [5, 5.41) is 0. The Labute approximate surface area is 108 Å². The van der Waals surface area contributed by atoms with Gasteiger partial charge in [0.15, 0.2) is 0 Å². The number of nitrogens with zero attached hydrogens (tertiary/aromatic N) is 2. The van der Waals surface area contributed by atoms with E-state index in [1.54, 1.807) is 4.90 Å². The predicted molar refractivity (Wildman–Crippen MR) is 67.0 cm³/mol. The third kappa shape index (κ3) is 2.66. The maximum Gasteiger partial charge on any atom is 0.328 e. The van der Waals surface area contributed by atoms with Crippen LogP contribution < -0.4 is 0 Å². The van der Waals surface area contributed by atoms with Crippen LogP contribution >= 0.6 is 0 Å². The summed E-state index contributed by atoms with van der Waals surface area (Å²) in [5.74, 6) is -0.0795. The molecule has 2 aliphatic rings. The average molecular weight is 254 g/mol. The minimum atomic E-state index is -0.359. The molecule has 2 atom stereocenters. The number of hydrogen-bond acceptors (Lipinski definition) is 4. The monoisotopic (exact) mass is 254 g/mol. The van der Waals surface area contributed by atoms with E-state index in [2.05, 4.69) is 4.90 Å². The minimum Gasteiger partial charge on any atom is -0.467 e. The van der Waals surface area contributed by atoms with Crippen LogP contribution in [0.15, 0.2) is 0 Å². The van der Waals surface area contributed by atoms with Crippen molar-refractivity contribution in [1.82, 2.24) is 9.80 Å². The molecule has 1 amide bonds. The molecule has 102 valence electrons. The van der Waals surface area contributed by atoms with Gasteiger partial charge in [0.25, 0.3) is 0 Å². The van der Waals surface area contributed by atoms with Gasteiger partial charge in [0.05, 0.1) is 13.0 Å². The van der Waals surface area contributed by atoms with Crippen LogP contribution in [0, 0.1) is 5.92 Å². The minimum absolute atomic E-state index is 0.0558. The molecule has 2 aliphatic heterocycles. The van der Waals surface area contributed by atoms with Gasteiger partial charge in [-0.1, -0.05) is 0 Å². The van der Waals surface area contributed by atoms with E-state index in [1.165, 1.54) is 7.11 Å². The van der Waals surface area contributed by atoms with Crippen molar-refractivity contribution in [2.24, 2.45) is 5.92 Å². The number of carbonyl (C=O) groups excluding carboxylic acids is 2. The highest BCUT2D eigenvalue weighted by Gasteiger charge is 2.37. The molecule has 0 saturated carbocycles. The van der Waals surface area contributed by atoms with Crippen molar-refractivity contribution in [2.45, 2.75) is 31.7 Å². The van der Waals surface area contributed by atoms with Crippen LogP contribution in [-0.4, -0.2) is 61.5 Å². The van der Waals surface area contributed by atoms with Crippen molar-refractivity contribution in [3.63, 3.8) is 0 Å². The number of methoxy groups -OCH3 is 1. The van der Waals surface area contributed by atoms with Crippen LogP contribution in [0.2, 0.25) is 0 Å². The van der Waals surface area contributed by atoms with E-state index in [9.17, 15) is 9.59 Å². The smallest absolute Gasteiger partial charge is 0.328 e. The highest BCUT2D eigenvalue weighted by molar-refractivity contribution is 5.86. The molecule has 0 aromatic rings. The maximum atomic E-state index is 12.5. The molecule has 2 rings (SSSR count). The summed E-state index contributed by atoms with van der Waals surface area (Å²) in [6.45, 7) is 2.47. The number of hydrogen-bond donors (Lipinski definition) is 0. The lowest BCUT2D eigenvalue weighted by Gasteiger charge is -2.35. The molecule has 0 aliphatic carbocycles. The number of piperidine rings is 1. The fraction of sp³-hybridized carbons (Fsp3) is 0.846. The Morgan fingerprint density at radius 3 is 2.56 bits per heavy atom. The zero-order valence-electron chi connectivity index (χ0n) is 11.2. The number of rotatable bonds is 2. The summed E-state index contributed by atoms with van der Waals surface area (Å²) in [7, 11) is 3.42. The maximum absolute atomic E-state index is 12.5. The van der Waals surface area contributed by atoms with Gasteiger partial charge in [0.2, 0.25) is 5.91 Å². The molecule has 0 N–H and O–H groups in total. The van der Waals surface area contributed by atoms with Crippen LogP contribution in [0.1, 0.15) is 25.7 Å². The quantitative estimate of drug-likeness (QED) is 0.673. The van der Waals surface area contributed by atoms with Gasteiger partial charge in [-0.25, -0.2) is 4.79 Å². The molecular weight excluding hydrogens is 232 g/mol. The van der Waals surface area contributed by atoms with Gasteiger partial charge < -0.3 is 14.5 Å². The van der Waals surface area contributed by atoms with Crippen molar-refractivity contribution in [2.75, 3.05) is 33.8 Å². The number of likely N-dealkylation sites (tertiary alicyclic amines) is 2. The van der Waals surface area contributed by atoms with Gasteiger partial charge in [-0.3, -0.25) is 4.79 Å². The Kier molecular flexibility index (Phi) is 4.22. The number of ether oxygens (including phenoxy) is 1. The SMILES string of the molecule is COC(=O)C1CCCCN1C(=O)C1CCN(C)C1. The van der Waals surface area contributed by atoms with Crippen molar-refractivity contribution >= 4 is 11.9 Å². The summed E-state index contributed by atoms with van der Waals surface area (Å²) < 4.78 is 4.81. The van der Waals surface area contributed by atoms with Crippen LogP contribution in [0.5, 0.6) is 0 Å². The van der Waals surface area contributed by atoms with E-state index >= 15 is 0 Å². The third-order valence-electron chi connectivity index (χ3n) is 4.00. The molecule has 0 aromatic heterocycles. The van der Waals surface area contributed by atoms with Gasteiger partial charge >= 0.3 is 5.97 Å². The Morgan fingerprint density at radius 2 is 1.94 bits per heavy atom. The molecule has 0 aromatic carbocycles. The predicted octanol–water partition coefficient (Wildman–Crippen LogP) is 0.492. The van der Waals surface area contributed by atoms with Crippen molar-refractivity contribution in [3.8, 4) is 0 Å². The molecule has 5 heteroatoms. The molecule has 0 bridgehead atoms. The van der Waals surface area contributed by atoms with Crippen LogP contribution in [0.25, 0.3) is 0 Å². The molecule has 0 spiro atoms. The molecule has 2 saturated heterocycles. The van der Waals surface area contributed by atoms with Gasteiger partial charge in [-0.15, -0.1) is 0 Å². The van der Waals surface area contributed by atoms with Crippen molar-refractivity contribution < 1.29 is 14.3 Å². The lowest BCUT2D eigenvalue weighted by atomic mass is 9.98. The standard InChI is InChI=1S/C13H22N2O3/c1-14-8-6-10(9-14)12(16)15-7-4-3-5-11(15)13(17)18-2/h10-11H,3-9H2,1-2H3. The number of esters is 1. The summed E-state index contributed by atoms with van der Waals surface area (Å²) in [6.07, 6.45) is 3.62. The average Bonchev–Trinajstić information content (AvgIpc) is 2.83. The van der Waals surface area contributed by atoms with Crippen molar-refractivity contribution in [3.05, 3.63) is 0 Å². The molecule has 2 unspecified atom stereocenters. The Balaban J connectivity index is 2.04. The van der Waals surface area contributed by atoms with Crippen molar-refractivity contribution in [1.29, 1.82) is 0 Å². The summed E-state index contributed by atoms with van der Waals surface area (Å²) >= 11 is 0. The summed E-state index contributed by atoms with van der Waals surface area (Å²) in [4.78, 5) is 28.1. The van der Waals surface area contributed by atoms with Gasteiger partial charge in [0, 0.05) is 13.1 Å². The molecular formula is C13H22N2O3. The van der Waals surface area contributed by atoms with E-state index < -0.39 is 0 Å². The van der Waals surface area contributed by atoms with E-state index in [4.69, 9.17) is 4.74 Å². The largest absolute Gasteiger partial charge is 0.467 e. The fourth-order valence-electron chi connectivity index (χ4n) is 2.95. The van der Waals surface area contributed by atoms with Crippen LogP contribution in [0.4, 0.5) is 0 Å². The molecule has 2 fully saturated rings. The molecule has 2 heterocycles. The van der Waals surface area contributed by atoms with E-state index in [1.807, 2.05) is 7.05 Å². The second-order valence-electron chi connectivity index (χ2n) is 5.31. The highest BCUT2D eigenvalue weighted by atomic mass is 16.5. The third-order valence-corrected chi connectivity index (χ3v) is 4.00. The van der Waals surface area contributed by atoms with Gasteiger partial charge in [0.1, 0.15) is 6.04 Å². The van der Waals surface area contributed by atoms with E-state index in [-0.39, 0.29) is 23.8 Å². The Morgan fingerprint density at radius 1 is 1.17 bits per heavy atom. The lowest BCUT2D eigenvalue weighted by molar-refractivity contribution is -0.156. The second-order valence-corrected chi connectivity index (χ2v) is 5.31. The van der Waals surface area contributed by atoms with Gasteiger partial charge in [-0.05, 0) is 39.3 Å². The second kappa shape index (κ2) is 5.69. The zero-order chi connectivity index (χ0) is 13.1. The summed E-state index contributed by atoms with van der Waals surface area (Å²) in [5.41, 5.74) is 0. The summed E-state index contributed by atoms with van der Waals surface area (Å²) in [6, 6.07) is -0.359. The van der Waals surface area contributed by atoms with E-state index in [0.29, 0.717) is 6.54 Å². The fourth-order valence-corrected chi connectivity index (χ4v) is 2.95. The highest BCUT2D eigenvalue weighted by Crippen LogP contribution is 2.24. The molecule has 18 heavy (non-hydrogen) atoms. The normalized spacial score (nSPS) is 29.3. The first-order valence-corrected chi connectivity index (χ1v) is 6.70. The molecule has 5 nitrogen and oxygen atoms in total.